The summed E-state index contributed by atoms with van der Waals surface area (Å²) in [4.78, 5) is 17.8. The molecule has 5 rings (SSSR count). The quantitative estimate of drug-likeness (QED) is 0.203. The number of H-pyrrole nitrogens is 1. The summed E-state index contributed by atoms with van der Waals surface area (Å²) in [6.45, 7) is 9.84. The molecule has 2 N–H and O–H groups in total. The average molecular weight is 637 g/mol. The van der Waals surface area contributed by atoms with Crippen molar-refractivity contribution in [1.82, 2.24) is 30.0 Å². The van der Waals surface area contributed by atoms with Gasteiger partial charge < -0.3 is 19.9 Å². The highest BCUT2D eigenvalue weighted by Crippen LogP contribution is 2.39. The lowest BCUT2D eigenvalue weighted by molar-refractivity contribution is 0.228. The smallest absolute Gasteiger partial charge is 0.205 e. The molecular weight excluding hydrogens is 597 g/mol. The zero-order chi connectivity index (χ0) is 31.1. The van der Waals surface area contributed by atoms with Crippen LogP contribution in [-0.4, -0.2) is 98.4 Å². The zero-order valence-electron chi connectivity index (χ0n) is 25.7. The molecule has 13 heteroatoms. The molecule has 0 aliphatic carbocycles. The van der Waals surface area contributed by atoms with Crippen LogP contribution in [0.2, 0.25) is 0 Å². The Hall–Kier alpha value is -3.65. The number of hydrogen-bond acceptors (Lipinski definition) is 11. The largest absolute Gasteiger partial charge is 0.487 e. The molecule has 44 heavy (non-hydrogen) atoms. The minimum Gasteiger partial charge on any atom is -0.487 e. The normalized spacial score (nSPS) is 14.2. The number of nitrogens with one attached hydrogen (secondary N) is 2. The molecule has 0 radical (unpaired) electrons. The van der Waals surface area contributed by atoms with Crippen LogP contribution in [-0.2, 0) is 15.6 Å². The number of ether oxygens (including phenoxy) is 1. The fraction of sp³-hybridized carbons (Fsp3) is 0.387. The molecule has 1 saturated heterocycles. The van der Waals surface area contributed by atoms with Crippen LogP contribution in [0, 0.1) is 6.92 Å². The van der Waals surface area contributed by atoms with Crippen molar-refractivity contribution in [2.24, 2.45) is 0 Å². The van der Waals surface area contributed by atoms with Gasteiger partial charge in [-0.15, -0.1) is 0 Å². The van der Waals surface area contributed by atoms with Gasteiger partial charge in [0.25, 0.3) is 0 Å². The van der Waals surface area contributed by atoms with Crippen molar-refractivity contribution in [2.45, 2.75) is 34.5 Å². The Morgan fingerprint density at radius 3 is 2.39 bits per heavy atom. The minimum absolute atomic E-state index is 0.0458. The zero-order valence-corrected chi connectivity index (χ0v) is 27.3. The second-order valence-corrected chi connectivity index (χ2v) is 14.0. The molecule has 0 unspecified atom stereocenters. The van der Waals surface area contributed by atoms with Gasteiger partial charge in [0.2, 0.25) is 5.75 Å². The number of benzene rings is 2. The number of aromatic nitrogens is 4. The predicted octanol–water partition coefficient (Wildman–Crippen LogP) is 4.46. The van der Waals surface area contributed by atoms with E-state index in [-0.39, 0.29) is 10.6 Å². The van der Waals surface area contributed by atoms with Gasteiger partial charge in [0.1, 0.15) is 0 Å². The Kier molecular flexibility index (Phi) is 10.4. The molecule has 1 aliphatic rings. The van der Waals surface area contributed by atoms with Crippen LogP contribution in [0.4, 0.5) is 17.5 Å². The van der Waals surface area contributed by atoms with E-state index >= 15 is 0 Å². The first kappa shape index (κ1) is 31.8. The number of hydrogen-bond donors (Lipinski definition) is 2. The summed E-state index contributed by atoms with van der Waals surface area (Å²) in [7, 11) is 0.710. The fourth-order valence-corrected chi connectivity index (χ4v) is 6.97. The number of rotatable bonds is 13. The Morgan fingerprint density at radius 1 is 1.02 bits per heavy atom. The van der Waals surface area contributed by atoms with Crippen LogP contribution in [0.3, 0.4) is 0 Å². The number of aromatic amines is 1. The lowest BCUT2D eigenvalue weighted by Gasteiger charge is -2.36. The first-order chi connectivity index (χ1) is 21.2. The highest BCUT2D eigenvalue weighted by atomic mass is 32.2. The molecule has 11 nitrogen and oxygen atoms in total. The third kappa shape index (κ3) is 8.29. The van der Waals surface area contributed by atoms with E-state index in [1.807, 2.05) is 50.2 Å². The first-order valence-corrected chi connectivity index (χ1v) is 17.2. The second kappa shape index (κ2) is 14.4. The van der Waals surface area contributed by atoms with Gasteiger partial charge in [-0.2, -0.15) is 5.10 Å². The van der Waals surface area contributed by atoms with Crippen molar-refractivity contribution in [1.29, 1.82) is 0 Å². The predicted molar refractivity (Wildman–Crippen MR) is 175 cm³/mol. The molecule has 3 heterocycles. The molecule has 1 aliphatic heterocycles. The molecule has 2 aromatic carbocycles. The highest BCUT2D eigenvalue weighted by molar-refractivity contribution is 7.99. The Labute approximate surface area is 264 Å². The molecule has 0 amide bonds. The van der Waals surface area contributed by atoms with E-state index in [1.165, 1.54) is 11.8 Å². The van der Waals surface area contributed by atoms with E-state index in [1.54, 1.807) is 24.3 Å². The van der Waals surface area contributed by atoms with Crippen molar-refractivity contribution in [2.75, 3.05) is 70.2 Å². The average Bonchev–Trinajstić information content (AvgIpc) is 3.42. The maximum atomic E-state index is 13.0. The van der Waals surface area contributed by atoms with Gasteiger partial charge in [-0.1, -0.05) is 30.3 Å². The summed E-state index contributed by atoms with van der Waals surface area (Å²) in [6.07, 6.45) is 0. The number of piperazine rings is 1. The van der Waals surface area contributed by atoms with Crippen LogP contribution in [0.25, 0.3) is 0 Å². The molecule has 0 saturated carbocycles. The lowest BCUT2D eigenvalue weighted by Crippen LogP contribution is -2.48. The molecule has 1 fully saturated rings. The molecule has 2 aromatic heterocycles. The van der Waals surface area contributed by atoms with Crippen LogP contribution in [0.15, 0.2) is 75.6 Å². The fourth-order valence-electron chi connectivity index (χ4n) is 4.87. The molecular formula is C31H40N8O3S2. The minimum atomic E-state index is -3.48. The second-order valence-electron chi connectivity index (χ2n) is 11.0. The SMILES string of the molecule is CCOc1c(Nc2cc(C)[nH]n2)nc(Sc2ccc(S(=O)(=O)Cc3ccccc3)cc2)nc1N1CCN(CCN(C)C)CC1. The summed E-state index contributed by atoms with van der Waals surface area (Å²) in [5, 5.41) is 11.1. The van der Waals surface area contributed by atoms with Crippen molar-refractivity contribution >= 4 is 39.1 Å². The van der Waals surface area contributed by atoms with Crippen LogP contribution in [0.5, 0.6) is 5.75 Å². The van der Waals surface area contributed by atoms with Crippen molar-refractivity contribution in [3.05, 3.63) is 71.9 Å². The van der Waals surface area contributed by atoms with Gasteiger partial charge in [-0.25, -0.2) is 18.4 Å². The topological polar surface area (TPSA) is 120 Å². The molecule has 0 spiro atoms. The van der Waals surface area contributed by atoms with Gasteiger partial charge in [0, 0.05) is 55.9 Å². The number of nitrogens with zero attached hydrogens (tertiary/aromatic N) is 6. The van der Waals surface area contributed by atoms with Crippen LogP contribution in [0.1, 0.15) is 18.2 Å². The summed E-state index contributed by atoms with van der Waals surface area (Å²) in [6, 6.07) is 18.0. The Bertz CT molecular complexity index is 1620. The molecule has 0 bridgehead atoms. The van der Waals surface area contributed by atoms with Crippen molar-refractivity contribution in [3.8, 4) is 5.75 Å². The van der Waals surface area contributed by atoms with Crippen molar-refractivity contribution < 1.29 is 13.2 Å². The number of sulfone groups is 1. The Balaban J connectivity index is 1.41. The summed E-state index contributed by atoms with van der Waals surface area (Å²) in [5.74, 6) is 2.43. The van der Waals surface area contributed by atoms with E-state index < -0.39 is 9.84 Å². The van der Waals surface area contributed by atoms with Gasteiger partial charge in [-0.05, 0) is 69.5 Å². The number of aryl methyl sites for hydroxylation is 1. The maximum absolute atomic E-state index is 13.0. The van der Waals surface area contributed by atoms with Crippen LogP contribution >= 0.6 is 11.8 Å². The molecule has 0 atom stereocenters. The van der Waals surface area contributed by atoms with E-state index in [0.717, 1.165) is 61.2 Å². The van der Waals surface area contributed by atoms with Gasteiger partial charge in [0.05, 0.1) is 17.3 Å². The van der Waals surface area contributed by atoms with Crippen molar-refractivity contribution in [3.63, 3.8) is 0 Å². The van der Waals surface area contributed by atoms with Crippen LogP contribution < -0.4 is 15.0 Å². The standard InChI is InChI=1S/C31H40N8O3S2/c1-5-42-28-29(32-27-21-23(2)35-36-27)33-31(34-30(28)39-19-17-38(18-20-39)16-15-37(3)4)43-25-11-13-26(14-12-25)44(40,41)22-24-9-7-6-8-10-24/h6-14,21H,5,15-20,22H2,1-4H3,(H2,32,33,34,35,36). The summed E-state index contributed by atoms with van der Waals surface area (Å²) < 4.78 is 32.2. The van der Waals surface area contributed by atoms with E-state index in [9.17, 15) is 8.42 Å². The Morgan fingerprint density at radius 2 is 1.75 bits per heavy atom. The number of likely N-dealkylation sites (N-methyl/N-ethyl adjacent to an activating group) is 1. The van der Waals surface area contributed by atoms with E-state index in [4.69, 9.17) is 14.7 Å². The third-order valence-electron chi connectivity index (χ3n) is 7.20. The lowest BCUT2D eigenvalue weighted by atomic mass is 10.2. The third-order valence-corrected chi connectivity index (χ3v) is 9.77. The number of anilines is 3. The summed E-state index contributed by atoms with van der Waals surface area (Å²) >= 11 is 1.37. The van der Waals surface area contributed by atoms with E-state index in [2.05, 4.69) is 44.3 Å². The summed E-state index contributed by atoms with van der Waals surface area (Å²) in [5.41, 5.74) is 1.68. The van der Waals surface area contributed by atoms with Gasteiger partial charge in [0.15, 0.2) is 32.4 Å². The maximum Gasteiger partial charge on any atom is 0.205 e. The molecule has 4 aromatic rings. The monoisotopic (exact) mass is 636 g/mol. The first-order valence-electron chi connectivity index (χ1n) is 14.7. The highest BCUT2D eigenvalue weighted by Gasteiger charge is 2.26. The molecule has 234 valence electrons. The van der Waals surface area contributed by atoms with Gasteiger partial charge in [-0.3, -0.25) is 10.00 Å². The van der Waals surface area contributed by atoms with Gasteiger partial charge >= 0.3 is 0 Å². The van der Waals surface area contributed by atoms with E-state index in [0.29, 0.717) is 29.1 Å².